The minimum absolute atomic E-state index is 0.0171. The van der Waals surface area contributed by atoms with Gasteiger partial charge in [0.25, 0.3) is 0 Å². The van der Waals surface area contributed by atoms with Crippen LogP contribution in [0.15, 0.2) is 0 Å². The van der Waals surface area contributed by atoms with E-state index in [1.165, 1.54) is 0 Å². The lowest BCUT2D eigenvalue weighted by Gasteiger charge is -2.40. The van der Waals surface area contributed by atoms with E-state index in [4.69, 9.17) is 17.0 Å². The van der Waals surface area contributed by atoms with Gasteiger partial charge in [-0.1, -0.05) is 27.7 Å². The van der Waals surface area contributed by atoms with Crippen LogP contribution in [0.4, 0.5) is 0 Å². The highest BCUT2D eigenvalue weighted by molar-refractivity contribution is 7.71. The predicted molar refractivity (Wildman–Crippen MR) is 79.0 cm³/mol. The topological polar surface area (TPSA) is 42.8 Å². The maximum Gasteiger partial charge on any atom is 0.195 e. The molecule has 0 bridgehead atoms. The van der Waals surface area contributed by atoms with Crippen LogP contribution in [-0.2, 0) is 4.74 Å². The molecule has 5 heteroatoms. The smallest absolute Gasteiger partial charge is 0.195 e. The van der Waals surface area contributed by atoms with Crippen molar-refractivity contribution in [1.82, 2.24) is 14.8 Å². The summed E-state index contributed by atoms with van der Waals surface area (Å²) in [5.41, 5.74) is 0.0171. The highest BCUT2D eigenvalue weighted by Gasteiger charge is 2.36. The van der Waals surface area contributed by atoms with Crippen LogP contribution in [0.5, 0.6) is 0 Å². The Morgan fingerprint density at radius 1 is 1.47 bits per heavy atom. The molecule has 108 valence electrons. The molecule has 1 aromatic heterocycles. The van der Waals surface area contributed by atoms with Crippen LogP contribution in [0.25, 0.3) is 0 Å². The number of nitrogens with zero attached hydrogens (tertiary/aromatic N) is 2. The first-order chi connectivity index (χ1) is 9.03. The van der Waals surface area contributed by atoms with E-state index in [1.807, 2.05) is 0 Å². The molecule has 4 nitrogen and oxygen atoms in total. The van der Waals surface area contributed by atoms with E-state index in [-0.39, 0.29) is 5.60 Å². The van der Waals surface area contributed by atoms with Crippen molar-refractivity contribution in [2.24, 2.45) is 0 Å². The third kappa shape index (κ3) is 2.77. The lowest BCUT2D eigenvalue weighted by Crippen LogP contribution is -2.40. The van der Waals surface area contributed by atoms with Crippen molar-refractivity contribution in [2.75, 3.05) is 6.61 Å². The van der Waals surface area contributed by atoms with Crippen LogP contribution in [0, 0.1) is 4.77 Å². The predicted octanol–water partition coefficient (Wildman–Crippen LogP) is 3.97. The fourth-order valence-corrected chi connectivity index (χ4v) is 3.33. The van der Waals surface area contributed by atoms with Gasteiger partial charge < -0.3 is 9.30 Å². The summed E-state index contributed by atoms with van der Waals surface area (Å²) in [7, 11) is 0. The molecule has 1 aliphatic heterocycles. The maximum absolute atomic E-state index is 6.05. The van der Waals surface area contributed by atoms with Gasteiger partial charge in [-0.3, -0.25) is 5.10 Å². The van der Waals surface area contributed by atoms with E-state index in [1.54, 1.807) is 0 Å². The number of hydrogen-bond donors (Lipinski definition) is 1. The molecule has 0 aliphatic carbocycles. The molecule has 1 atom stereocenters. The summed E-state index contributed by atoms with van der Waals surface area (Å²) in [6, 6.07) is 0.414. The number of nitrogens with one attached hydrogen (secondary N) is 1. The van der Waals surface area contributed by atoms with Crippen molar-refractivity contribution >= 4 is 12.2 Å². The van der Waals surface area contributed by atoms with Crippen molar-refractivity contribution in [2.45, 2.75) is 70.9 Å². The van der Waals surface area contributed by atoms with Gasteiger partial charge in [0.1, 0.15) is 5.82 Å². The number of H-pyrrole nitrogens is 1. The third-order valence-corrected chi connectivity index (χ3v) is 4.66. The van der Waals surface area contributed by atoms with Crippen LogP contribution in [-0.4, -0.2) is 27.0 Å². The van der Waals surface area contributed by atoms with Crippen LogP contribution in [0.3, 0.4) is 0 Å². The van der Waals surface area contributed by atoms with Crippen molar-refractivity contribution in [1.29, 1.82) is 0 Å². The highest BCUT2D eigenvalue weighted by Crippen LogP contribution is 2.38. The summed E-state index contributed by atoms with van der Waals surface area (Å²) in [5.74, 6) is 1.45. The van der Waals surface area contributed by atoms with Gasteiger partial charge in [0.05, 0.1) is 5.60 Å². The fourth-order valence-electron chi connectivity index (χ4n) is 3.04. The Morgan fingerprint density at radius 3 is 2.74 bits per heavy atom. The standard InChI is InChI=1S/C14H25N3OS/c1-5-14(6-2)9-11(7-8-18-14)17-12(10(3)4)15-16-13(17)19/h10-11H,5-9H2,1-4H3,(H,16,19). The van der Waals surface area contributed by atoms with Crippen LogP contribution in [0.1, 0.15) is 71.2 Å². The monoisotopic (exact) mass is 283 g/mol. The minimum Gasteiger partial charge on any atom is -0.375 e. The zero-order valence-electron chi connectivity index (χ0n) is 12.4. The Hall–Kier alpha value is -0.680. The van der Waals surface area contributed by atoms with Crippen molar-refractivity contribution in [3.63, 3.8) is 0 Å². The molecular formula is C14H25N3OS. The summed E-state index contributed by atoms with van der Waals surface area (Å²) >= 11 is 5.42. The van der Waals surface area contributed by atoms with Crippen LogP contribution in [0.2, 0.25) is 0 Å². The molecule has 0 saturated carbocycles. The number of rotatable bonds is 4. The van der Waals surface area contributed by atoms with E-state index in [9.17, 15) is 0 Å². The molecule has 0 aromatic carbocycles. The van der Waals surface area contributed by atoms with Gasteiger partial charge in [0, 0.05) is 18.6 Å². The molecule has 1 saturated heterocycles. The van der Waals surface area contributed by atoms with Gasteiger partial charge in [-0.25, -0.2) is 0 Å². The van der Waals surface area contributed by atoms with Gasteiger partial charge in [0.15, 0.2) is 4.77 Å². The maximum atomic E-state index is 6.05. The number of aromatic amines is 1. The van der Waals surface area contributed by atoms with Crippen molar-refractivity contribution in [3.8, 4) is 0 Å². The number of ether oxygens (including phenoxy) is 1. The molecule has 1 aromatic rings. The minimum atomic E-state index is 0.0171. The largest absolute Gasteiger partial charge is 0.375 e. The average molecular weight is 283 g/mol. The quantitative estimate of drug-likeness (QED) is 0.850. The molecule has 2 heterocycles. The Kier molecular flexibility index (Phi) is 4.46. The van der Waals surface area contributed by atoms with Crippen LogP contribution < -0.4 is 0 Å². The van der Waals surface area contributed by atoms with Gasteiger partial charge in [-0.2, -0.15) is 5.10 Å². The molecule has 19 heavy (non-hydrogen) atoms. The van der Waals surface area contributed by atoms with Crippen molar-refractivity contribution in [3.05, 3.63) is 10.6 Å². The van der Waals surface area contributed by atoms with Crippen molar-refractivity contribution < 1.29 is 4.74 Å². The van der Waals surface area contributed by atoms with Gasteiger partial charge in [-0.15, -0.1) is 0 Å². The summed E-state index contributed by atoms with van der Waals surface area (Å²) in [6.45, 7) is 9.56. The summed E-state index contributed by atoms with van der Waals surface area (Å²) < 4.78 is 9.03. The number of hydrogen-bond acceptors (Lipinski definition) is 3. The lowest BCUT2D eigenvalue weighted by atomic mass is 9.85. The SMILES string of the molecule is CCC1(CC)CC(n2c(C(C)C)n[nH]c2=S)CCO1. The van der Waals surface area contributed by atoms with E-state index in [0.29, 0.717) is 12.0 Å². The highest BCUT2D eigenvalue weighted by atomic mass is 32.1. The summed E-state index contributed by atoms with van der Waals surface area (Å²) in [4.78, 5) is 0. The first kappa shape index (κ1) is 14.7. The first-order valence-corrected chi connectivity index (χ1v) is 7.74. The van der Waals surface area contributed by atoms with Gasteiger partial charge in [0.2, 0.25) is 0 Å². The zero-order chi connectivity index (χ0) is 14.0. The van der Waals surface area contributed by atoms with Gasteiger partial charge in [-0.05, 0) is 37.9 Å². The van der Waals surface area contributed by atoms with E-state index in [2.05, 4.69) is 42.5 Å². The Morgan fingerprint density at radius 2 is 2.16 bits per heavy atom. The van der Waals surface area contributed by atoms with E-state index >= 15 is 0 Å². The second-order valence-corrected chi connectivity index (χ2v) is 6.18. The average Bonchev–Trinajstić information content (AvgIpc) is 2.81. The second-order valence-electron chi connectivity index (χ2n) is 5.80. The molecule has 1 fully saturated rings. The molecule has 0 spiro atoms. The normalized spacial score (nSPS) is 22.9. The Bertz CT molecular complexity index is 473. The van der Waals surface area contributed by atoms with Gasteiger partial charge >= 0.3 is 0 Å². The molecule has 2 rings (SSSR count). The molecule has 1 aliphatic rings. The lowest BCUT2D eigenvalue weighted by molar-refractivity contribution is -0.0992. The molecule has 1 N–H and O–H groups in total. The van der Waals surface area contributed by atoms with E-state index in [0.717, 1.165) is 42.9 Å². The zero-order valence-corrected chi connectivity index (χ0v) is 13.2. The van der Waals surface area contributed by atoms with Crippen LogP contribution >= 0.6 is 12.2 Å². The molecule has 1 unspecified atom stereocenters. The number of aromatic nitrogens is 3. The first-order valence-electron chi connectivity index (χ1n) is 7.33. The molecule has 0 amide bonds. The Labute approximate surface area is 120 Å². The third-order valence-electron chi connectivity index (χ3n) is 4.37. The summed E-state index contributed by atoms with van der Waals surface area (Å²) in [6.07, 6.45) is 4.17. The van der Waals surface area contributed by atoms with E-state index < -0.39 is 0 Å². The molecular weight excluding hydrogens is 258 g/mol. The fraction of sp³-hybridized carbons (Fsp3) is 0.857. The molecule has 0 radical (unpaired) electrons. The summed E-state index contributed by atoms with van der Waals surface area (Å²) in [5, 5.41) is 7.35. The second kappa shape index (κ2) is 5.75. The Balaban J connectivity index is 2.32.